The molecule has 5 nitrogen and oxygen atoms in total. The van der Waals surface area contributed by atoms with Crippen molar-refractivity contribution in [2.24, 2.45) is 0 Å². The van der Waals surface area contributed by atoms with E-state index in [1.165, 1.54) is 4.88 Å². The van der Waals surface area contributed by atoms with Crippen molar-refractivity contribution in [3.8, 4) is 11.1 Å². The summed E-state index contributed by atoms with van der Waals surface area (Å²) in [5, 5.41) is 1.32. The molecule has 5 rings (SSSR count). The third-order valence-electron chi connectivity index (χ3n) is 6.17. The van der Waals surface area contributed by atoms with Crippen molar-refractivity contribution in [2.75, 3.05) is 24.5 Å². The van der Waals surface area contributed by atoms with E-state index in [0.717, 1.165) is 33.6 Å². The van der Waals surface area contributed by atoms with Crippen LogP contribution in [0.3, 0.4) is 0 Å². The van der Waals surface area contributed by atoms with Gasteiger partial charge in [-0.25, -0.2) is 4.98 Å². The van der Waals surface area contributed by atoms with Crippen LogP contribution in [0.4, 0.5) is 5.82 Å². The minimum atomic E-state index is 0.0492. The molecule has 1 aliphatic heterocycles. The highest BCUT2D eigenvalue weighted by molar-refractivity contribution is 7.18. The molecule has 1 amide bonds. The summed E-state index contributed by atoms with van der Waals surface area (Å²) < 4.78 is 0. The number of hydrogen-bond acceptors (Lipinski definition) is 5. The number of carbonyl (C=O) groups is 1. The van der Waals surface area contributed by atoms with Gasteiger partial charge in [0.2, 0.25) is 5.28 Å². The Labute approximate surface area is 202 Å². The molecule has 0 radical (unpaired) electrons. The van der Waals surface area contributed by atoms with Gasteiger partial charge >= 0.3 is 0 Å². The number of fused-ring (bicyclic) bond motifs is 1. The zero-order valence-electron chi connectivity index (χ0n) is 18.7. The largest absolute Gasteiger partial charge is 0.352 e. The minimum Gasteiger partial charge on any atom is -0.352 e. The normalized spacial score (nSPS) is 16.4. The predicted molar refractivity (Wildman–Crippen MR) is 136 cm³/mol. The first kappa shape index (κ1) is 21.9. The topological polar surface area (TPSA) is 49.3 Å². The fourth-order valence-corrected chi connectivity index (χ4v) is 5.58. The second-order valence-electron chi connectivity index (χ2n) is 8.34. The smallest absolute Gasteiger partial charge is 0.254 e. The molecule has 33 heavy (non-hydrogen) atoms. The van der Waals surface area contributed by atoms with Crippen molar-refractivity contribution in [1.29, 1.82) is 0 Å². The van der Waals surface area contributed by atoms with Gasteiger partial charge in [0.05, 0.1) is 5.39 Å². The van der Waals surface area contributed by atoms with Crippen LogP contribution in [-0.2, 0) is 6.42 Å². The summed E-state index contributed by atoms with van der Waals surface area (Å²) in [6, 6.07) is 20.3. The number of halogens is 1. The number of nitrogens with zero attached hydrogens (tertiary/aromatic N) is 4. The van der Waals surface area contributed by atoms with E-state index in [4.69, 9.17) is 11.6 Å². The fraction of sp³-hybridized carbons (Fsp3) is 0.269. The Balaban J connectivity index is 1.33. The predicted octanol–water partition coefficient (Wildman–Crippen LogP) is 5.93. The molecule has 2 aromatic heterocycles. The van der Waals surface area contributed by atoms with E-state index >= 15 is 0 Å². The Kier molecular flexibility index (Phi) is 6.04. The molecule has 0 bridgehead atoms. The van der Waals surface area contributed by atoms with Crippen LogP contribution in [0.25, 0.3) is 21.3 Å². The quantitative estimate of drug-likeness (QED) is 0.343. The van der Waals surface area contributed by atoms with Crippen LogP contribution < -0.4 is 4.90 Å². The molecule has 1 aliphatic rings. The van der Waals surface area contributed by atoms with Gasteiger partial charge in [-0.2, -0.15) is 4.98 Å². The van der Waals surface area contributed by atoms with Gasteiger partial charge in [-0.15, -0.1) is 11.3 Å². The average molecular weight is 477 g/mol. The van der Waals surface area contributed by atoms with E-state index in [-0.39, 0.29) is 17.2 Å². The highest BCUT2D eigenvalue weighted by Crippen LogP contribution is 2.33. The highest BCUT2D eigenvalue weighted by atomic mass is 35.5. The number of hydrogen-bond donors (Lipinski definition) is 0. The van der Waals surface area contributed by atoms with Gasteiger partial charge in [-0.3, -0.25) is 4.79 Å². The third kappa shape index (κ3) is 4.33. The van der Waals surface area contributed by atoms with Crippen LogP contribution in [0.2, 0.25) is 5.28 Å². The monoisotopic (exact) mass is 476 g/mol. The minimum absolute atomic E-state index is 0.0492. The SMILES string of the molecule is CCc1cc2c(N3CCN(C(=O)c4ccc(-c5ccccc5)cc4)[C@H](C)C3)nc(Cl)nc2s1. The maximum Gasteiger partial charge on any atom is 0.254 e. The molecule has 3 heterocycles. The Morgan fingerprint density at radius 3 is 2.48 bits per heavy atom. The number of benzene rings is 2. The van der Waals surface area contributed by atoms with Crippen LogP contribution in [0.5, 0.6) is 0 Å². The average Bonchev–Trinajstić information content (AvgIpc) is 3.27. The lowest BCUT2D eigenvalue weighted by atomic mass is 10.0. The Hall–Kier alpha value is -2.96. The third-order valence-corrected chi connectivity index (χ3v) is 7.51. The number of carbonyl (C=O) groups excluding carboxylic acids is 1. The number of amides is 1. The Morgan fingerprint density at radius 2 is 1.79 bits per heavy atom. The van der Waals surface area contributed by atoms with E-state index in [1.54, 1.807) is 11.3 Å². The molecule has 4 aromatic rings. The number of aryl methyl sites for hydroxylation is 1. The number of aromatic nitrogens is 2. The first-order valence-corrected chi connectivity index (χ1v) is 12.4. The van der Waals surface area contributed by atoms with E-state index < -0.39 is 0 Å². The van der Waals surface area contributed by atoms with Crippen molar-refractivity contribution in [3.05, 3.63) is 76.4 Å². The summed E-state index contributed by atoms with van der Waals surface area (Å²) in [6.45, 7) is 6.27. The Morgan fingerprint density at radius 1 is 1.06 bits per heavy atom. The van der Waals surface area contributed by atoms with Gasteiger partial charge < -0.3 is 9.80 Å². The Bertz CT molecular complexity index is 1290. The molecule has 0 aliphatic carbocycles. The van der Waals surface area contributed by atoms with Gasteiger partial charge in [0.25, 0.3) is 5.91 Å². The first-order chi connectivity index (χ1) is 16.0. The van der Waals surface area contributed by atoms with Crippen molar-refractivity contribution in [2.45, 2.75) is 26.3 Å². The molecule has 0 unspecified atom stereocenters. The lowest BCUT2D eigenvalue weighted by Gasteiger charge is -2.40. The molecular formula is C26H25ClN4OS. The van der Waals surface area contributed by atoms with Crippen molar-refractivity contribution in [1.82, 2.24) is 14.9 Å². The number of piperazine rings is 1. The number of thiophene rings is 1. The van der Waals surface area contributed by atoms with Crippen molar-refractivity contribution < 1.29 is 4.79 Å². The summed E-state index contributed by atoms with van der Waals surface area (Å²) in [5.41, 5.74) is 2.97. The molecular weight excluding hydrogens is 452 g/mol. The summed E-state index contributed by atoms with van der Waals surface area (Å²) in [7, 11) is 0. The molecule has 0 saturated carbocycles. The highest BCUT2D eigenvalue weighted by Gasteiger charge is 2.30. The van der Waals surface area contributed by atoms with Gasteiger partial charge in [0, 0.05) is 36.1 Å². The van der Waals surface area contributed by atoms with Gasteiger partial charge in [0.1, 0.15) is 10.6 Å². The van der Waals surface area contributed by atoms with Crippen molar-refractivity contribution >= 4 is 44.9 Å². The zero-order chi connectivity index (χ0) is 22.9. The summed E-state index contributed by atoms with van der Waals surface area (Å²) in [6.07, 6.45) is 0.958. The first-order valence-electron chi connectivity index (χ1n) is 11.2. The lowest BCUT2D eigenvalue weighted by molar-refractivity contribution is 0.0674. The molecule has 0 N–H and O–H groups in total. The molecule has 7 heteroatoms. The molecule has 1 atom stereocenters. The summed E-state index contributed by atoms with van der Waals surface area (Å²) >= 11 is 7.91. The van der Waals surface area contributed by atoms with E-state index in [1.807, 2.05) is 47.4 Å². The van der Waals surface area contributed by atoms with Crippen LogP contribution >= 0.6 is 22.9 Å². The second kappa shape index (κ2) is 9.12. The molecule has 1 fully saturated rings. The van der Waals surface area contributed by atoms with Crippen LogP contribution in [0, 0.1) is 0 Å². The molecule has 0 spiro atoms. The maximum absolute atomic E-state index is 13.3. The fourth-order valence-electron chi connectivity index (χ4n) is 4.40. The summed E-state index contributed by atoms with van der Waals surface area (Å²) in [5.74, 6) is 0.934. The maximum atomic E-state index is 13.3. The molecule has 2 aromatic carbocycles. The number of rotatable bonds is 4. The van der Waals surface area contributed by atoms with Crippen LogP contribution in [0.15, 0.2) is 60.7 Å². The molecule has 1 saturated heterocycles. The van der Waals surface area contributed by atoms with Crippen LogP contribution in [-0.4, -0.2) is 46.5 Å². The van der Waals surface area contributed by atoms with Crippen molar-refractivity contribution in [3.63, 3.8) is 0 Å². The molecule has 168 valence electrons. The van der Waals surface area contributed by atoms with Crippen LogP contribution in [0.1, 0.15) is 29.1 Å². The standard InChI is InChI=1S/C26H25ClN4OS/c1-3-21-15-22-23(28-26(27)29-24(22)33-21)30-13-14-31(17(2)16-30)25(32)20-11-9-19(10-12-20)18-7-5-4-6-8-18/h4-12,15,17H,3,13-14,16H2,1-2H3/t17-/m1/s1. The van der Waals surface area contributed by atoms with Gasteiger partial charge in [0.15, 0.2) is 0 Å². The summed E-state index contributed by atoms with van der Waals surface area (Å²) in [4.78, 5) is 28.6. The lowest BCUT2D eigenvalue weighted by Crippen LogP contribution is -2.54. The number of anilines is 1. The van der Waals surface area contributed by atoms with Gasteiger partial charge in [-0.05, 0) is 54.3 Å². The zero-order valence-corrected chi connectivity index (χ0v) is 20.2. The van der Waals surface area contributed by atoms with Gasteiger partial charge in [-0.1, -0.05) is 49.4 Å². The van der Waals surface area contributed by atoms with E-state index in [0.29, 0.717) is 25.2 Å². The van der Waals surface area contributed by atoms with E-state index in [9.17, 15) is 4.79 Å². The second-order valence-corrected chi connectivity index (χ2v) is 9.79. The van der Waals surface area contributed by atoms with E-state index in [2.05, 4.69) is 46.9 Å².